The van der Waals surface area contributed by atoms with E-state index in [9.17, 15) is 29.7 Å². The van der Waals surface area contributed by atoms with Gasteiger partial charge < -0.3 is 44.5 Å². The highest BCUT2D eigenvalue weighted by atomic mass is 16.7. The fourth-order valence-electron chi connectivity index (χ4n) is 9.17. The van der Waals surface area contributed by atoms with Crippen LogP contribution >= 0.6 is 0 Å². The number of nitrogens with one attached hydrogen (secondary N) is 1. The number of ether oxygens (including phenoxy) is 4. The van der Waals surface area contributed by atoms with Crippen molar-refractivity contribution in [1.82, 2.24) is 4.90 Å². The number of carbonyl (C=O) groups is 3. The van der Waals surface area contributed by atoms with Crippen molar-refractivity contribution in [2.75, 3.05) is 32.1 Å². The third-order valence-electron chi connectivity index (χ3n) is 12.5. The predicted molar refractivity (Wildman–Crippen MR) is 222 cm³/mol. The zero-order valence-electron chi connectivity index (χ0n) is 35.9. The first-order valence-corrected chi connectivity index (χ1v) is 20.7. The molecule has 0 aliphatic carbocycles. The van der Waals surface area contributed by atoms with Gasteiger partial charge in [0.05, 0.1) is 34.8 Å². The predicted octanol–water partition coefficient (Wildman–Crippen LogP) is 5.39. The second-order valence-electron chi connectivity index (χ2n) is 17.6. The van der Waals surface area contributed by atoms with Gasteiger partial charge in [-0.1, -0.05) is 59.8 Å². The number of hydrogen-bond acceptors (Lipinski definition) is 13. The van der Waals surface area contributed by atoms with Gasteiger partial charge in [0.15, 0.2) is 11.4 Å². The third kappa shape index (κ3) is 8.23. The minimum atomic E-state index is -1.92. The highest BCUT2D eigenvalue weighted by Gasteiger charge is 2.50. The molecular weight excluding hydrogens is 757 g/mol. The number of rotatable bonds is 5. The Morgan fingerprint density at radius 1 is 1.02 bits per heavy atom. The highest BCUT2D eigenvalue weighted by Crippen LogP contribution is 2.50. The first-order valence-electron chi connectivity index (χ1n) is 20.7. The van der Waals surface area contributed by atoms with E-state index in [1.165, 1.54) is 20.3 Å². The number of benzene rings is 2. The van der Waals surface area contributed by atoms with Crippen LogP contribution < -0.4 is 20.8 Å². The smallest absolute Gasteiger partial charge is 0.312 e. The van der Waals surface area contributed by atoms with Gasteiger partial charge in [0, 0.05) is 74.9 Å². The second kappa shape index (κ2) is 17.1. The Kier molecular flexibility index (Phi) is 12.7. The fraction of sp³-hybridized carbons (Fsp3) is 0.578. The van der Waals surface area contributed by atoms with Gasteiger partial charge in [-0.15, -0.1) is 0 Å². The molecule has 14 nitrogen and oxygen atoms in total. The van der Waals surface area contributed by atoms with Gasteiger partial charge in [-0.25, -0.2) is 0 Å². The van der Waals surface area contributed by atoms with Gasteiger partial charge in [0.1, 0.15) is 28.6 Å². The maximum Gasteiger partial charge on any atom is 0.312 e. The second-order valence-corrected chi connectivity index (χ2v) is 17.6. The van der Waals surface area contributed by atoms with E-state index in [1.807, 2.05) is 33.8 Å². The molecule has 14 heteroatoms. The Labute approximate surface area is 345 Å². The van der Waals surface area contributed by atoms with Crippen molar-refractivity contribution in [3.63, 3.8) is 0 Å². The monoisotopic (exact) mass is 816 g/mol. The molecular formula is C45H60N4O10. The number of anilines is 1. The summed E-state index contributed by atoms with van der Waals surface area (Å²) < 4.78 is 23.8. The molecule has 1 fully saturated rings. The maximum atomic E-state index is 14.7. The molecule has 0 radical (unpaired) electrons. The third-order valence-corrected chi connectivity index (χ3v) is 12.5. The van der Waals surface area contributed by atoms with Crippen LogP contribution in [-0.4, -0.2) is 94.9 Å². The minimum absolute atomic E-state index is 0.00884. The van der Waals surface area contributed by atoms with E-state index in [4.69, 9.17) is 28.9 Å². The number of aromatic hydroxyl groups is 2. The lowest BCUT2D eigenvalue weighted by molar-refractivity contribution is -0.146. The number of methoxy groups -OCH3 is 1. The summed E-state index contributed by atoms with van der Waals surface area (Å²) in [4.78, 5) is 53.0. The van der Waals surface area contributed by atoms with Crippen LogP contribution in [0.3, 0.4) is 0 Å². The van der Waals surface area contributed by atoms with Gasteiger partial charge in [-0.2, -0.15) is 0 Å². The molecule has 1 spiro atoms. The topological polar surface area (TPSA) is 189 Å². The summed E-state index contributed by atoms with van der Waals surface area (Å²) in [6.07, 6.45) is 7.73. The average molecular weight is 817 g/mol. The lowest BCUT2D eigenvalue weighted by atomic mass is 9.79. The van der Waals surface area contributed by atoms with Crippen molar-refractivity contribution in [2.24, 2.45) is 39.6 Å². The number of fused-ring (bicyclic) bond motifs is 1. The van der Waals surface area contributed by atoms with E-state index < -0.39 is 59.0 Å². The molecule has 4 unspecified atom stereocenters. The van der Waals surface area contributed by atoms with Gasteiger partial charge in [0.2, 0.25) is 0 Å². The summed E-state index contributed by atoms with van der Waals surface area (Å²) in [5.74, 6) is -4.42. The van der Waals surface area contributed by atoms with Crippen molar-refractivity contribution in [3.8, 4) is 17.2 Å². The number of Topliss-reactive ketones (excluding diaryl/α,β-unsaturated/α-hetero) is 1. The molecule has 0 aromatic heterocycles. The van der Waals surface area contributed by atoms with E-state index in [0.717, 1.165) is 19.6 Å². The van der Waals surface area contributed by atoms with Crippen molar-refractivity contribution in [1.29, 1.82) is 0 Å². The van der Waals surface area contributed by atoms with Crippen LogP contribution in [0.5, 0.6) is 17.2 Å². The molecule has 6 rings (SSSR count). The van der Waals surface area contributed by atoms with Crippen LogP contribution in [0.15, 0.2) is 46.1 Å². The zero-order chi connectivity index (χ0) is 43.1. The van der Waals surface area contributed by atoms with Crippen LogP contribution in [-0.2, 0) is 23.8 Å². The van der Waals surface area contributed by atoms with Crippen LogP contribution in [0.2, 0.25) is 0 Å². The first-order chi connectivity index (χ1) is 27.9. The van der Waals surface area contributed by atoms with Gasteiger partial charge in [-0.3, -0.25) is 24.4 Å². The number of phenols is 2. The molecule has 8 atom stereocenters. The standard InChI is InChI=1S/C45H60N4O10/c1-23(2)21-49-17-15-45(16-18-49)47-34-31-32-38(52)29(8)41-33(31)42(54)44(9,59-41)58-19-14-30(56-10)27(6)40(57-22-50)28(7)37(51)26(5)20-24(3)12-11-13-25(4)43(55)46-36(39(32)53)35(34)48-45/h11-14,19,22-24,26-28,30,37,40,51-53H,15-18,20-21H2,1-10H3,(H,46,55)/b12-11+,19-14+,25-13-/t24?,26-,27-,28-,30+,37?,40?,44?/m1/s1. The molecule has 2 aromatic rings. The van der Waals surface area contributed by atoms with Crippen molar-refractivity contribution >= 4 is 34.6 Å². The Morgan fingerprint density at radius 2 is 1.69 bits per heavy atom. The number of allylic oxidation sites excluding steroid dienone is 3. The Bertz CT molecular complexity index is 2210. The van der Waals surface area contributed by atoms with Crippen LogP contribution in [0.4, 0.5) is 5.69 Å². The summed E-state index contributed by atoms with van der Waals surface area (Å²) in [5.41, 5.74) is -0.378. The number of hydrogen-bond donors (Lipinski definition) is 4. The quantitative estimate of drug-likeness (QED) is 0.224. The number of piperidine rings is 1. The molecule has 4 aliphatic heterocycles. The summed E-state index contributed by atoms with van der Waals surface area (Å²) in [6, 6.07) is 0. The SMILES string of the molecule is CO[C@H]1/C=C/OC2(C)Oc3c(C)c(O)c4c(O)c(c5c(c4c3C2=O)=NC2(CCN(CC(C)C)CC2)N=5)NC(=O)/C(C)=C\C=C\C(C)C[C@@H](C)C(O)[C@@H](C)C(OC=O)[C@@H]1C. The number of amides is 1. The molecule has 0 saturated carbocycles. The van der Waals surface area contributed by atoms with Gasteiger partial charge >= 0.3 is 5.79 Å². The number of likely N-dealkylation sites (tertiary alicyclic amines) is 1. The van der Waals surface area contributed by atoms with Crippen molar-refractivity contribution in [3.05, 3.63) is 58.0 Å². The molecule has 4 heterocycles. The van der Waals surface area contributed by atoms with Gasteiger partial charge in [0.25, 0.3) is 18.2 Å². The summed E-state index contributed by atoms with van der Waals surface area (Å²) in [7, 11) is 1.50. The molecule has 2 aromatic carbocycles. The highest BCUT2D eigenvalue weighted by molar-refractivity contribution is 6.19. The summed E-state index contributed by atoms with van der Waals surface area (Å²) in [5, 5.41) is 38.8. The Balaban J connectivity index is 1.53. The number of aliphatic hydroxyl groups excluding tert-OH is 1. The lowest BCUT2D eigenvalue weighted by Gasteiger charge is -2.36. The number of ketones is 1. The molecule has 4 N–H and O–H groups in total. The van der Waals surface area contributed by atoms with Crippen molar-refractivity contribution < 1.29 is 48.7 Å². The fourth-order valence-corrected chi connectivity index (χ4v) is 9.17. The van der Waals surface area contributed by atoms with Crippen LogP contribution in [0.1, 0.15) is 90.6 Å². The minimum Gasteiger partial charge on any atom is -0.507 e. The molecule has 4 aliphatic rings. The maximum absolute atomic E-state index is 14.7. The van der Waals surface area contributed by atoms with Crippen LogP contribution in [0.25, 0.3) is 10.8 Å². The largest absolute Gasteiger partial charge is 0.507 e. The Hall–Kier alpha value is -4.79. The molecule has 320 valence electrons. The number of nitrogens with zero attached hydrogens (tertiary/aromatic N) is 3. The van der Waals surface area contributed by atoms with E-state index in [-0.39, 0.29) is 61.6 Å². The molecule has 59 heavy (non-hydrogen) atoms. The van der Waals surface area contributed by atoms with Crippen LogP contribution in [0, 0.1) is 36.5 Å². The molecule has 1 amide bonds. The number of phenolic OH excluding ortho intramolecular Hbond substituents is 2. The Morgan fingerprint density at radius 3 is 2.34 bits per heavy atom. The summed E-state index contributed by atoms with van der Waals surface area (Å²) >= 11 is 0. The summed E-state index contributed by atoms with van der Waals surface area (Å²) in [6.45, 7) is 19.4. The number of aliphatic hydroxyl groups is 1. The molecule has 4 bridgehead atoms. The average Bonchev–Trinajstić information content (AvgIpc) is 3.69. The van der Waals surface area contributed by atoms with Gasteiger partial charge in [-0.05, 0) is 44.1 Å². The zero-order valence-corrected chi connectivity index (χ0v) is 35.9. The first kappa shape index (κ1) is 43.8. The van der Waals surface area contributed by atoms with E-state index in [1.54, 1.807) is 32.1 Å². The normalized spacial score (nSPS) is 32.1. The number of carbonyl (C=O) groups excluding carboxylic acids is 3. The van der Waals surface area contributed by atoms with E-state index in [2.05, 4.69) is 24.1 Å². The van der Waals surface area contributed by atoms with E-state index >= 15 is 0 Å². The molecule has 1 saturated heterocycles. The van der Waals surface area contributed by atoms with Crippen molar-refractivity contribution in [2.45, 2.75) is 111 Å². The lowest BCUT2D eigenvalue weighted by Crippen LogP contribution is -2.43. The van der Waals surface area contributed by atoms with E-state index in [0.29, 0.717) is 37.2 Å².